The van der Waals surface area contributed by atoms with Crippen LogP contribution in [0.5, 0.6) is 0 Å². The van der Waals surface area contributed by atoms with Gasteiger partial charge >= 0.3 is 0 Å². The van der Waals surface area contributed by atoms with Gasteiger partial charge in [0.15, 0.2) is 0 Å². The molecule has 0 aliphatic rings. The number of aryl methyl sites for hydroxylation is 1. The summed E-state index contributed by atoms with van der Waals surface area (Å²) in [5.41, 5.74) is 2.66. The molecule has 0 saturated heterocycles. The van der Waals surface area contributed by atoms with Crippen molar-refractivity contribution < 1.29 is 9.18 Å². The number of hydrogen-bond donors (Lipinski definition) is 1. The predicted molar refractivity (Wildman–Crippen MR) is 124 cm³/mol. The standard InChI is InChI=1S/C22H21FN4OS.C2H6/c1-14-20(29-16-7-5-4-6-8-16)11-19(26(14)2)22(28)24-13-17-18(23)10-9-15-12-25-27(3)21(15)17;1-2/h4-12H,13H2,1-3H3,(H,24,28);1-2H3. The molecule has 0 spiro atoms. The van der Waals surface area contributed by atoms with Crippen LogP contribution in [-0.2, 0) is 20.6 Å². The maximum absolute atomic E-state index is 14.4. The lowest BCUT2D eigenvalue weighted by atomic mass is 10.1. The molecule has 0 radical (unpaired) electrons. The molecule has 1 amide bonds. The van der Waals surface area contributed by atoms with E-state index in [1.807, 2.05) is 68.8 Å². The van der Waals surface area contributed by atoms with Crippen molar-refractivity contribution in [2.45, 2.75) is 37.1 Å². The van der Waals surface area contributed by atoms with E-state index in [4.69, 9.17) is 0 Å². The van der Waals surface area contributed by atoms with Crippen molar-refractivity contribution in [2.75, 3.05) is 0 Å². The lowest BCUT2D eigenvalue weighted by Gasteiger charge is -2.10. The molecule has 1 N–H and O–H groups in total. The second kappa shape index (κ2) is 9.83. The Labute approximate surface area is 186 Å². The molecule has 0 bridgehead atoms. The summed E-state index contributed by atoms with van der Waals surface area (Å²) in [5.74, 6) is -0.598. The Morgan fingerprint density at radius 2 is 1.84 bits per heavy atom. The minimum absolute atomic E-state index is 0.0902. The van der Waals surface area contributed by atoms with Crippen molar-refractivity contribution in [1.82, 2.24) is 19.7 Å². The molecular formula is C24H27FN4OS. The molecule has 7 heteroatoms. The van der Waals surface area contributed by atoms with Gasteiger partial charge in [0.05, 0.1) is 11.7 Å². The summed E-state index contributed by atoms with van der Waals surface area (Å²) in [6, 6.07) is 15.0. The smallest absolute Gasteiger partial charge is 0.268 e. The predicted octanol–water partition coefficient (Wildman–Crippen LogP) is 5.47. The van der Waals surface area contributed by atoms with Gasteiger partial charge in [-0.05, 0) is 37.3 Å². The van der Waals surface area contributed by atoms with E-state index in [2.05, 4.69) is 10.4 Å². The second-order valence-corrected chi connectivity index (χ2v) is 7.98. The van der Waals surface area contributed by atoms with E-state index in [1.54, 1.807) is 35.8 Å². The van der Waals surface area contributed by atoms with Crippen LogP contribution in [-0.4, -0.2) is 20.3 Å². The summed E-state index contributed by atoms with van der Waals surface area (Å²) in [4.78, 5) is 15.0. The Hall–Kier alpha value is -3.06. The van der Waals surface area contributed by atoms with E-state index in [0.717, 1.165) is 20.9 Å². The van der Waals surface area contributed by atoms with Crippen molar-refractivity contribution in [3.05, 3.63) is 77.5 Å². The number of nitrogens with zero attached hydrogens (tertiary/aromatic N) is 3. The zero-order chi connectivity index (χ0) is 22.5. The monoisotopic (exact) mass is 438 g/mol. The number of carbonyl (C=O) groups is 1. The summed E-state index contributed by atoms with van der Waals surface area (Å²) in [5, 5.41) is 7.88. The second-order valence-electron chi connectivity index (χ2n) is 6.87. The summed E-state index contributed by atoms with van der Waals surface area (Å²) < 4.78 is 17.9. The quantitative estimate of drug-likeness (QED) is 0.450. The lowest BCUT2D eigenvalue weighted by molar-refractivity contribution is 0.0942. The minimum Gasteiger partial charge on any atom is -0.346 e. The van der Waals surface area contributed by atoms with Crippen molar-refractivity contribution in [1.29, 1.82) is 0 Å². The average molecular weight is 439 g/mol. The van der Waals surface area contributed by atoms with Gasteiger partial charge in [-0.1, -0.05) is 43.8 Å². The van der Waals surface area contributed by atoms with E-state index in [0.29, 0.717) is 16.8 Å². The first-order chi connectivity index (χ1) is 15.0. The molecule has 4 aromatic rings. The van der Waals surface area contributed by atoms with Crippen molar-refractivity contribution in [3.63, 3.8) is 0 Å². The highest BCUT2D eigenvalue weighted by Gasteiger charge is 2.18. The molecule has 0 unspecified atom stereocenters. The van der Waals surface area contributed by atoms with E-state index < -0.39 is 0 Å². The lowest BCUT2D eigenvalue weighted by Crippen LogP contribution is -2.25. The number of carbonyl (C=O) groups excluding carboxylic acids is 1. The molecule has 2 heterocycles. The van der Waals surface area contributed by atoms with Crippen LogP contribution in [0, 0.1) is 12.7 Å². The summed E-state index contributed by atoms with van der Waals surface area (Å²) in [7, 11) is 3.63. The normalized spacial score (nSPS) is 10.6. The van der Waals surface area contributed by atoms with Gasteiger partial charge < -0.3 is 9.88 Å². The van der Waals surface area contributed by atoms with E-state index in [1.165, 1.54) is 6.07 Å². The highest BCUT2D eigenvalue weighted by molar-refractivity contribution is 7.99. The average Bonchev–Trinajstić information content (AvgIpc) is 3.30. The van der Waals surface area contributed by atoms with Gasteiger partial charge in [-0.2, -0.15) is 5.10 Å². The van der Waals surface area contributed by atoms with Gasteiger partial charge in [0, 0.05) is 47.1 Å². The molecule has 162 valence electrons. The first-order valence-electron chi connectivity index (χ1n) is 10.2. The molecule has 0 saturated carbocycles. The summed E-state index contributed by atoms with van der Waals surface area (Å²) in [6.07, 6.45) is 1.69. The Morgan fingerprint density at radius 3 is 2.55 bits per heavy atom. The number of benzene rings is 2. The molecule has 4 rings (SSSR count). The Balaban J connectivity index is 0.00000132. The van der Waals surface area contributed by atoms with Crippen molar-refractivity contribution >= 4 is 28.6 Å². The zero-order valence-electron chi connectivity index (χ0n) is 18.4. The summed E-state index contributed by atoms with van der Waals surface area (Å²) in [6.45, 7) is 6.07. The van der Waals surface area contributed by atoms with Crippen LogP contribution in [0.3, 0.4) is 0 Å². The molecule has 0 atom stereocenters. The molecule has 2 aromatic heterocycles. The Bertz CT molecular complexity index is 1200. The molecule has 2 aromatic carbocycles. The van der Waals surface area contributed by atoms with Gasteiger partial charge in [-0.3, -0.25) is 9.48 Å². The molecular weight excluding hydrogens is 411 g/mol. The topological polar surface area (TPSA) is 51.9 Å². The summed E-state index contributed by atoms with van der Waals surface area (Å²) >= 11 is 1.62. The number of fused-ring (bicyclic) bond motifs is 1. The van der Waals surface area contributed by atoms with E-state index >= 15 is 0 Å². The maximum Gasteiger partial charge on any atom is 0.268 e. The van der Waals surface area contributed by atoms with E-state index in [9.17, 15) is 9.18 Å². The number of nitrogens with one attached hydrogen (secondary N) is 1. The number of aromatic nitrogens is 3. The van der Waals surface area contributed by atoms with Gasteiger partial charge in [0.1, 0.15) is 11.5 Å². The number of amides is 1. The third-order valence-corrected chi connectivity index (χ3v) is 6.21. The minimum atomic E-state index is -0.357. The highest BCUT2D eigenvalue weighted by Crippen LogP contribution is 2.32. The van der Waals surface area contributed by atoms with Crippen LogP contribution in [0.4, 0.5) is 4.39 Å². The van der Waals surface area contributed by atoms with Crippen LogP contribution < -0.4 is 5.32 Å². The molecule has 31 heavy (non-hydrogen) atoms. The molecule has 5 nitrogen and oxygen atoms in total. The first-order valence-corrected chi connectivity index (χ1v) is 11.0. The Kier molecular flexibility index (Phi) is 7.17. The van der Waals surface area contributed by atoms with Crippen LogP contribution in [0.2, 0.25) is 0 Å². The molecule has 0 fully saturated rings. The van der Waals surface area contributed by atoms with Crippen molar-refractivity contribution in [2.24, 2.45) is 14.1 Å². The fraction of sp³-hybridized carbons (Fsp3) is 0.250. The van der Waals surface area contributed by atoms with Crippen LogP contribution in [0.1, 0.15) is 35.6 Å². The third kappa shape index (κ3) is 4.66. The Morgan fingerprint density at radius 1 is 1.13 bits per heavy atom. The number of hydrogen-bond acceptors (Lipinski definition) is 3. The van der Waals surface area contributed by atoms with Crippen LogP contribution in [0.15, 0.2) is 64.5 Å². The third-order valence-electron chi connectivity index (χ3n) is 5.07. The van der Waals surface area contributed by atoms with Crippen LogP contribution in [0.25, 0.3) is 10.9 Å². The van der Waals surface area contributed by atoms with E-state index in [-0.39, 0.29) is 18.3 Å². The van der Waals surface area contributed by atoms with Crippen molar-refractivity contribution in [3.8, 4) is 0 Å². The first kappa shape index (κ1) is 22.6. The number of halogens is 1. The van der Waals surface area contributed by atoms with Crippen LogP contribution >= 0.6 is 11.8 Å². The van der Waals surface area contributed by atoms with Gasteiger partial charge in [0.2, 0.25) is 0 Å². The maximum atomic E-state index is 14.4. The van der Waals surface area contributed by atoms with Gasteiger partial charge in [-0.15, -0.1) is 0 Å². The molecule has 0 aliphatic carbocycles. The SMILES string of the molecule is CC.Cc1c(Sc2ccccc2)cc(C(=O)NCc2c(F)ccc3cnn(C)c23)n1C. The highest BCUT2D eigenvalue weighted by atomic mass is 32.2. The molecule has 0 aliphatic heterocycles. The number of rotatable bonds is 5. The van der Waals surface area contributed by atoms with Gasteiger partial charge in [0.25, 0.3) is 5.91 Å². The largest absolute Gasteiger partial charge is 0.346 e. The van der Waals surface area contributed by atoms with Gasteiger partial charge in [-0.25, -0.2) is 4.39 Å². The fourth-order valence-electron chi connectivity index (χ4n) is 3.36. The fourth-order valence-corrected chi connectivity index (χ4v) is 4.36. The zero-order valence-corrected chi connectivity index (χ0v) is 19.3.